The third-order valence-corrected chi connectivity index (χ3v) is 8.36. The summed E-state index contributed by atoms with van der Waals surface area (Å²) in [5.74, 6) is -0.717. The molecule has 0 aromatic carbocycles. The molecule has 25 heavy (non-hydrogen) atoms. The van der Waals surface area contributed by atoms with E-state index in [2.05, 4.69) is 42.5 Å². The second-order valence-electron chi connectivity index (χ2n) is 5.86. The van der Waals surface area contributed by atoms with E-state index < -0.39 is 21.2 Å². The predicted molar refractivity (Wildman–Crippen MR) is 106 cm³/mol. The number of primary sulfonamides is 1. The highest BCUT2D eigenvalue weighted by Gasteiger charge is 2.25. The normalized spacial score (nSPS) is 14.2. The number of nitrogens with two attached hydrogens (primary N) is 1. The Labute approximate surface area is 168 Å². The summed E-state index contributed by atoms with van der Waals surface area (Å²) in [6, 6.07) is -0.176. The van der Waals surface area contributed by atoms with Crippen LogP contribution in [0.25, 0.3) is 0 Å². The minimum atomic E-state index is -3.92. The first-order valence-corrected chi connectivity index (χ1v) is 11.5. The highest BCUT2D eigenvalue weighted by Crippen LogP contribution is 2.32. The molecule has 0 radical (unpaired) electrons. The van der Waals surface area contributed by atoms with Crippen LogP contribution in [0, 0.1) is 5.92 Å². The van der Waals surface area contributed by atoms with Gasteiger partial charge in [-0.15, -0.1) is 11.3 Å². The van der Waals surface area contributed by atoms with E-state index >= 15 is 0 Å². The number of carbonyl (C=O) groups is 2. The molecule has 1 heterocycles. The Morgan fingerprint density at radius 1 is 1.28 bits per heavy atom. The Kier molecular flexibility index (Phi) is 8.52. The molecule has 142 valence electrons. The minimum absolute atomic E-state index is 0.138. The molecule has 1 rings (SSSR count). The third kappa shape index (κ3) is 6.63. The summed E-state index contributed by atoms with van der Waals surface area (Å²) in [4.78, 5) is 24.7. The van der Waals surface area contributed by atoms with Gasteiger partial charge in [0.15, 0.2) is 5.25 Å². The summed E-state index contributed by atoms with van der Waals surface area (Å²) in [7, 11) is -3.92. The van der Waals surface area contributed by atoms with Crippen LogP contribution in [-0.4, -0.2) is 38.1 Å². The van der Waals surface area contributed by atoms with E-state index in [1.807, 2.05) is 19.2 Å². The summed E-state index contributed by atoms with van der Waals surface area (Å²) in [5.41, 5.74) is 0. The first-order chi connectivity index (χ1) is 11.4. The lowest BCUT2D eigenvalue weighted by Gasteiger charge is -2.22. The number of thiophene rings is 1. The Hall–Kier alpha value is -0.490. The third-order valence-electron chi connectivity index (χ3n) is 3.63. The Morgan fingerprint density at radius 2 is 1.88 bits per heavy atom. The topological polar surface area (TPSA) is 118 Å². The number of carbonyl (C=O) groups excluding carboxylic acids is 2. The lowest BCUT2D eigenvalue weighted by molar-refractivity contribution is -0.120. The number of halogens is 2. The van der Waals surface area contributed by atoms with Crippen molar-refractivity contribution >= 4 is 65.0 Å². The van der Waals surface area contributed by atoms with Gasteiger partial charge < -0.3 is 10.6 Å². The van der Waals surface area contributed by atoms with Gasteiger partial charge in [0.2, 0.25) is 15.9 Å². The molecule has 1 aromatic rings. The van der Waals surface area contributed by atoms with Crippen LogP contribution in [0.15, 0.2) is 14.3 Å². The number of amides is 2. The molecule has 4 N–H and O–H groups in total. The highest BCUT2D eigenvalue weighted by atomic mass is 79.9. The molecule has 0 aliphatic heterocycles. The van der Waals surface area contributed by atoms with Gasteiger partial charge in [0, 0.05) is 22.4 Å². The Balaban J connectivity index is 2.62. The molecule has 0 saturated carbocycles. The number of nitrogens with one attached hydrogen (secondary N) is 2. The van der Waals surface area contributed by atoms with Crippen molar-refractivity contribution in [2.45, 2.75) is 38.5 Å². The van der Waals surface area contributed by atoms with Crippen LogP contribution in [0.5, 0.6) is 0 Å². The SMILES string of the molecule is CC(C)[C@@H](CCNC(=O)C(C)S(N)(=O)=O)NC(=O)c1scc(Br)c1Br. The quantitative estimate of drug-likeness (QED) is 0.488. The maximum atomic E-state index is 12.4. The van der Waals surface area contributed by atoms with Crippen molar-refractivity contribution in [1.82, 2.24) is 10.6 Å². The van der Waals surface area contributed by atoms with Crippen molar-refractivity contribution in [2.24, 2.45) is 11.1 Å². The second-order valence-corrected chi connectivity index (χ2v) is 10.3. The summed E-state index contributed by atoms with van der Waals surface area (Å²) in [5, 5.41) is 11.0. The van der Waals surface area contributed by atoms with Gasteiger partial charge >= 0.3 is 0 Å². The summed E-state index contributed by atoms with van der Waals surface area (Å²) in [6.45, 7) is 5.38. The van der Waals surface area contributed by atoms with Gasteiger partial charge in [0.05, 0.1) is 4.47 Å². The zero-order valence-electron chi connectivity index (χ0n) is 14.0. The van der Waals surface area contributed by atoms with Crippen LogP contribution in [0.4, 0.5) is 0 Å². The van der Waals surface area contributed by atoms with Crippen LogP contribution in [0.2, 0.25) is 0 Å². The molecule has 0 saturated heterocycles. The van der Waals surface area contributed by atoms with E-state index in [0.29, 0.717) is 15.8 Å². The lowest BCUT2D eigenvalue weighted by atomic mass is 10.0. The van der Waals surface area contributed by atoms with Gasteiger partial charge in [-0.25, -0.2) is 13.6 Å². The summed E-state index contributed by atoms with van der Waals surface area (Å²) in [6.07, 6.45) is 0.469. The second kappa shape index (κ2) is 9.45. The standard InChI is InChI=1S/C14H21Br2N3O4S2/c1-7(2)10(4-5-18-13(20)8(3)25(17,22)23)19-14(21)12-11(16)9(15)6-24-12/h6-8,10H,4-5H2,1-3H3,(H,18,20)(H,19,21)(H2,17,22,23)/t8?,10-/m1/s1. The molecule has 2 amide bonds. The average molecular weight is 519 g/mol. The van der Waals surface area contributed by atoms with Crippen molar-refractivity contribution in [3.8, 4) is 0 Å². The monoisotopic (exact) mass is 517 g/mol. The zero-order chi connectivity index (χ0) is 19.4. The maximum Gasteiger partial charge on any atom is 0.262 e. The van der Waals surface area contributed by atoms with E-state index in [1.165, 1.54) is 18.3 Å². The summed E-state index contributed by atoms with van der Waals surface area (Å²) >= 11 is 8.02. The number of sulfonamides is 1. The van der Waals surface area contributed by atoms with E-state index in [9.17, 15) is 18.0 Å². The number of hydrogen-bond donors (Lipinski definition) is 3. The van der Waals surface area contributed by atoms with Crippen molar-refractivity contribution in [3.05, 3.63) is 19.2 Å². The van der Waals surface area contributed by atoms with E-state index in [0.717, 1.165) is 4.47 Å². The molecule has 0 aliphatic rings. The molecule has 2 atom stereocenters. The molecule has 0 fully saturated rings. The molecule has 0 bridgehead atoms. The molecule has 1 unspecified atom stereocenters. The molecule has 11 heteroatoms. The fourth-order valence-corrected chi connectivity index (χ4v) is 4.36. The Morgan fingerprint density at radius 3 is 2.32 bits per heavy atom. The number of rotatable bonds is 8. The molecular formula is C14H21Br2N3O4S2. The first kappa shape index (κ1) is 22.6. The van der Waals surface area contributed by atoms with Crippen LogP contribution < -0.4 is 15.8 Å². The van der Waals surface area contributed by atoms with Crippen LogP contribution in [0.3, 0.4) is 0 Å². The van der Waals surface area contributed by atoms with Gasteiger partial charge in [-0.1, -0.05) is 13.8 Å². The van der Waals surface area contributed by atoms with Gasteiger partial charge in [-0.05, 0) is 51.1 Å². The maximum absolute atomic E-state index is 12.4. The van der Waals surface area contributed by atoms with Gasteiger partial charge in [-0.3, -0.25) is 9.59 Å². The van der Waals surface area contributed by atoms with E-state index in [4.69, 9.17) is 5.14 Å². The van der Waals surface area contributed by atoms with Gasteiger partial charge in [-0.2, -0.15) is 0 Å². The average Bonchev–Trinajstić information content (AvgIpc) is 2.83. The lowest BCUT2D eigenvalue weighted by Crippen LogP contribution is -2.44. The first-order valence-electron chi connectivity index (χ1n) is 7.47. The van der Waals surface area contributed by atoms with Crippen molar-refractivity contribution in [1.29, 1.82) is 0 Å². The Bertz CT molecular complexity index is 734. The molecule has 1 aromatic heterocycles. The van der Waals surface area contributed by atoms with Crippen LogP contribution in [-0.2, 0) is 14.8 Å². The predicted octanol–water partition coefficient (Wildman–Crippen LogP) is 2.21. The van der Waals surface area contributed by atoms with E-state index in [1.54, 1.807) is 0 Å². The highest BCUT2D eigenvalue weighted by molar-refractivity contribution is 9.13. The van der Waals surface area contributed by atoms with E-state index in [-0.39, 0.29) is 24.4 Å². The zero-order valence-corrected chi connectivity index (χ0v) is 18.8. The number of hydrogen-bond acceptors (Lipinski definition) is 5. The van der Waals surface area contributed by atoms with Gasteiger partial charge in [0.1, 0.15) is 4.88 Å². The summed E-state index contributed by atoms with van der Waals surface area (Å²) < 4.78 is 23.8. The van der Waals surface area contributed by atoms with Crippen LogP contribution >= 0.6 is 43.2 Å². The smallest absolute Gasteiger partial charge is 0.262 e. The molecule has 7 nitrogen and oxygen atoms in total. The minimum Gasteiger partial charge on any atom is -0.355 e. The fraction of sp³-hybridized carbons (Fsp3) is 0.571. The van der Waals surface area contributed by atoms with Crippen molar-refractivity contribution < 1.29 is 18.0 Å². The molecular weight excluding hydrogens is 498 g/mol. The fourth-order valence-electron chi connectivity index (χ4n) is 1.93. The molecule has 0 aliphatic carbocycles. The van der Waals surface area contributed by atoms with Crippen molar-refractivity contribution in [3.63, 3.8) is 0 Å². The van der Waals surface area contributed by atoms with Crippen LogP contribution in [0.1, 0.15) is 36.9 Å². The van der Waals surface area contributed by atoms with Gasteiger partial charge in [0.25, 0.3) is 5.91 Å². The largest absolute Gasteiger partial charge is 0.355 e. The van der Waals surface area contributed by atoms with Crippen molar-refractivity contribution in [2.75, 3.05) is 6.54 Å². The molecule has 0 spiro atoms.